The number of rotatable bonds is 3. The Labute approximate surface area is 87.7 Å². The highest BCUT2D eigenvalue weighted by atomic mass is 16.1. The zero-order valence-corrected chi connectivity index (χ0v) is 9.97. The van der Waals surface area contributed by atoms with Gasteiger partial charge in [0.1, 0.15) is 5.78 Å². The second-order valence-corrected chi connectivity index (χ2v) is 5.45. The minimum Gasteiger partial charge on any atom is -0.300 e. The quantitative estimate of drug-likeness (QED) is 0.692. The Balaban J connectivity index is 2.30. The molecule has 1 fully saturated rings. The van der Waals surface area contributed by atoms with Gasteiger partial charge in [0.25, 0.3) is 0 Å². The third-order valence-corrected chi connectivity index (χ3v) is 3.15. The van der Waals surface area contributed by atoms with Gasteiger partial charge in [0.2, 0.25) is 0 Å². The van der Waals surface area contributed by atoms with E-state index in [1.54, 1.807) is 0 Å². The smallest absolute Gasteiger partial charge is 0.139 e. The minimum atomic E-state index is -0.164. The second kappa shape index (κ2) is 4.43. The van der Waals surface area contributed by atoms with Crippen LogP contribution in [0.4, 0.5) is 0 Å². The van der Waals surface area contributed by atoms with Gasteiger partial charge in [-0.15, -0.1) is 0 Å². The van der Waals surface area contributed by atoms with Gasteiger partial charge in [-0.25, -0.2) is 0 Å². The van der Waals surface area contributed by atoms with Gasteiger partial charge < -0.3 is 4.90 Å². The Morgan fingerprint density at radius 1 is 1.43 bits per heavy atom. The monoisotopic (exact) mass is 197 g/mol. The highest BCUT2D eigenvalue weighted by Crippen LogP contribution is 2.20. The number of hydrogen-bond donors (Lipinski definition) is 0. The van der Waals surface area contributed by atoms with Crippen LogP contribution in [0.2, 0.25) is 0 Å². The van der Waals surface area contributed by atoms with Crippen molar-refractivity contribution in [2.45, 2.75) is 53.0 Å². The fraction of sp³-hybridized carbons (Fsp3) is 0.917. The molecule has 1 heterocycles. The molecule has 1 aliphatic rings. The van der Waals surface area contributed by atoms with Crippen LogP contribution in [0.15, 0.2) is 0 Å². The molecular formula is C12H23NO. The predicted octanol–water partition coefficient (Wildman–Crippen LogP) is 2.48. The number of ketones is 1. The predicted molar refractivity (Wildman–Crippen MR) is 59.3 cm³/mol. The first-order chi connectivity index (χ1) is 6.41. The molecule has 0 aromatic carbocycles. The molecule has 14 heavy (non-hydrogen) atoms. The summed E-state index contributed by atoms with van der Waals surface area (Å²) in [6, 6.07) is 0.683. The lowest BCUT2D eigenvalue weighted by atomic mass is 9.89. The van der Waals surface area contributed by atoms with E-state index in [0.717, 1.165) is 6.54 Å². The second-order valence-electron chi connectivity index (χ2n) is 5.45. The fourth-order valence-corrected chi connectivity index (χ4v) is 1.95. The summed E-state index contributed by atoms with van der Waals surface area (Å²) < 4.78 is 0. The molecule has 0 saturated carbocycles. The van der Waals surface area contributed by atoms with Crippen LogP contribution in [0.25, 0.3) is 0 Å². The maximum absolute atomic E-state index is 11.7. The largest absolute Gasteiger partial charge is 0.300 e. The highest BCUT2D eigenvalue weighted by Gasteiger charge is 2.24. The highest BCUT2D eigenvalue weighted by molar-refractivity contribution is 5.83. The molecule has 2 nitrogen and oxygen atoms in total. The van der Waals surface area contributed by atoms with Gasteiger partial charge in [-0.2, -0.15) is 0 Å². The summed E-state index contributed by atoms with van der Waals surface area (Å²) in [5.74, 6) is 0.386. The van der Waals surface area contributed by atoms with Crippen molar-refractivity contribution in [1.29, 1.82) is 0 Å². The van der Waals surface area contributed by atoms with Crippen LogP contribution in [-0.2, 0) is 4.79 Å². The lowest BCUT2D eigenvalue weighted by molar-refractivity contribution is -0.126. The average molecular weight is 197 g/mol. The number of Topliss-reactive ketones (excluding diaryl/α,β-unsaturated/α-hetero) is 1. The maximum Gasteiger partial charge on any atom is 0.139 e. The van der Waals surface area contributed by atoms with E-state index >= 15 is 0 Å². The van der Waals surface area contributed by atoms with Crippen molar-refractivity contribution in [3.63, 3.8) is 0 Å². The van der Waals surface area contributed by atoms with Crippen LogP contribution < -0.4 is 0 Å². The molecule has 1 saturated heterocycles. The van der Waals surface area contributed by atoms with Crippen LogP contribution in [-0.4, -0.2) is 29.8 Å². The van der Waals surface area contributed by atoms with E-state index in [9.17, 15) is 4.79 Å². The van der Waals surface area contributed by atoms with Crippen LogP contribution in [0.3, 0.4) is 0 Å². The third kappa shape index (κ3) is 3.09. The number of nitrogens with zero attached hydrogens (tertiary/aromatic N) is 1. The normalized spacial score (nSPS) is 24.1. The molecule has 0 amide bonds. The first-order valence-electron chi connectivity index (χ1n) is 5.68. The number of carbonyl (C=O) groups is 1. The van der Waals surface area contributed by atoms with E-state index in [1.165, 1.54) is 19.4 Å². The van der Waals surface area contributed by atoms with E-state index in [0.29, 0.717) is 18.2 Å². The molecule has 1 atom stereocenters. The van der Waals surface area contributed by atoms with Gasteiger partial charge in [0.05, 0.1) is 0 Å². The first kappa shape index (κ1) is 11.7. The summed E-state index contributed by atoms with van der Waals surface area (Å²) >= 11 is 0. The Bertz CT molecular complexity index is 205. The Kier molecular flexibility index (Phi) is 3.71. The van der Waals surface area contributed by atoms with Crippen LogP contribution >= 0.6 is 0 Å². The molecule has 1 unspecified atom stereocenters. The van der Waals surface area contributed by atoms with Crippen LogP contribution in [0.5, 0.6) is 0 Å². The van der Waals surface area contributed by atoms with E-state index in [-0.39, 0.29) is 5.41 Å². The fourth-order valence-electron chi connectivity index (χ4n) is 1.95. The van der Waals surface area contributed by atoms with Crippen molar-refractivity contribution >= 4 is 5.78 Å². The number of carbonyl (C=O) groups excluding carboxylic acids is 1. The Morgan fingerprint density at radius 2 is 2.07 bits per heavy atom. The molecule has 0 N–H and O–H groups in total. The van der Waals surface area contributed by atoms with Crippen molar-refractivity contribution in [3.05, 3.63) is 0 Å². The van der Waals surface area contributed by atoms with E-state index in [2.05, 4.69) is 11.8 Å². The molecule has 0 radical (unpaired) electrons. The zero-order chi connectivity index (χ0) is 10.8. The van der Waals surface area contributed by atoms with Gasteiger partial charge in [-0.3, -0.25) is 4.79 Å². The van der Waals surface area contributed by atoms with Gasteiger partial charge in [-0.1, -0.05) is 20.8 Å². The molecule has 1 rings (SSSR count). The van der Waals surface area contributed by atoms with Gasteiger partial charge in [0, 0.05) is 24.4 Å². The van der Waals surface area contributed by atoms with Crippen molar-refractivity contribution in [2.75, 3.05) is 13.1 Å². The molecule has 82 valence electrons. The molecule has 2 heteroatoms. The molecule has 0 aromatic rings. The SMILES string of the molecule is CC1CCCN1CCC(=O)C(C)(C)C. The first-order valence-corrected chi connectivity index (χ1v) is 5.68. The lowest BCUT2D eigenvalue weighted by Crippen LogP contribution is -2.31. The van der Waals surface area contributed by atoms with Crippen molar-refractivity contribution < 1.29 is 4.79 Å². The van der Waals surface area contributed by atoms with Crippen LogP contribution in [0, 0.1) is 5.41 Å². The van der Waals surface area contributed by atoms with E-state index in [1.807, 2.05) is 20.8 Å². The number of likely N-dealkylation sites (tertiary alicyclic amines) is 1. The molecule has 0 spiro atoms. The molecular weight excluding hydrogens is 174 g/mol. The molecule has 0 aromatic heterocycles. The minimum absolute atomic E-state index is 0.164. The van der Waals surface area contributed by atoms with E-state index in [4.69, 9.17) is 0 Å². The summed E-state index contributed by atoms with van der Waals surface area (Å²) in [6.45, 7) is 10.4. The summed E-state index contributed by atoms with van der Waals surface area (Å²) in [6.07, 6.45) is 3.31. The van der Waals surface area contributed by atoms with Crippen molar-refractivity contribution in [3.8, 4) is 0 Å². The Hall–Kier alpha value is -0.370. The molecule has 1 aliphatic heterocycles. The van der Waals surface area contributed by atoms with Crippen LogP contribution in [0.1, 0.15) is 47.0 Å². The van der Waals surface area contributed by atoms with Gasteiger partial charge >= 0.3 is 0 Å². The van der Waals surface area contributed by atoms with Crippen molar-refractivity contribution in [1.82, 2.24) is 4.90 Å². The average Bonchev–Trinajstić information content (AvgIpc) is 2.45. The molecule has 0 aliphatic carbocycles. The zero-order valence-electron chi connectivity index (χ0n) is 9.97. The van der Waals surface area contributed by atoms with Gasteiger partial charge in [-0.05, 0) is 26.3 Å². The lowest BCUT2D eigenvalue weighted by Gasteiger charge is -2.23. The summed E-state index contributed by atoms with van der Waals surface area (Å²) in [7, 11) is 0. The number of hydrogen-bond acceptors (Lipinski definition) is 2. The van der Waals surface area contributed by atoms with Crippen molar-refractivity contribution in [2.24, 2.45) is 5.41 Å². The Morgan fingerprint density at radius 3 is 2.50 bits per heavy atom. The summed E-state index contributed by atoms with van der Waals surface area (Å²) in [4.78, 5) is 14.1. The molecule has 0 bridgehead atoms. The standard InChI is InChI=1S/C12H23NO/c1-10-6-5-8-13(10)9-7-11(14)12(2,3)4/h10H,5-9H2,1-4H3. The summed E-state index contributed by atoms with van der Waals surface area (Å²) in [5.41, 5.74) is -0.164. The third-order valence-electron chi connectivity index (χ3n) is 3.15. The maximum atomic E-state index is 11.7. The summed E-state index contributed by atoms with van der Waals surface area (Å²) in [5, 5.41) is 0. The van der Waals surface area contributed by atoms with Gasteiger partial charge in [0.15, 0.2) is 0 Å². The topological polar surface area (TPSA) is 20.3 Å². The van der Waals surface area contributed by atoms with E-state index < -0.39 is 0 Å².